The molecular formula is C15H19Cl2N3O. The summed E-state index contributed by atoms with van der Waals surface area (Å²) in [7, 11) is 0. The highest BCUT2D eigenvalue weighted by Crippen LogP contribution is 2.21. The number of nitrogens with two attached hydrogens (primary N) is 1. The predicted molar refractivity (Wildman–Crippen MR) is 88.3 cm³/mol. The number of fused-ring (bicyclic) bond motifs is 1. The van der Waals surface area contributed by atoms with E-state index in [1.54, 1.807) is 6.07 Å². The van der Waals surface area contributed by atoms with Crippen molar-refractivity contribution >= 4 is 40.8 Å². The van der Waals surface area contributed by atoms with E-state index in [4.69, 9.17) is 17.3 Å². The van der Waals surface area contributed by atoms with E-state index in [1.165, 1.54) is 0 Å². The second-order valence-corrected chi connectivity index (χ2v) is 5.88. The monoisotopic (exact) mass is 327 g/mol. The van der Waals surface area contributed by atoms with Crippen molar-refractivity contribution in [3.05, 3.63) is 35.0 Å². The van der Waals surface area contributed by atoms with Gasteiger partial charge in [0.2, 0.25) is 0 Å². The van der Waals surface area contributed by atoms with E-state index in [0.29, 0.717) is 10.7 Å². The molecule has 4 N–H and O–H groups in total. The minimum Gasteiger partial charge on any atom is -0.351 e. The van der Waals surface area contributed by atoms with E-state index in [0.717, 1.165) is 36.6 Å². The first-order chi connectivity index (χ1) is 9.63. The van der Waals surface area contributed by atoms with Crippen molar-refractivity contribution < 1.29 is 4.79 Å². The average Bonchev–Trinajstić information content (AvgIpc) is 2.84. The Bertz CT molecular complexity index is 641. The molecule has 1 aromatic heterocycles. The maximum Gasteiger partial charge on any atom is 0.268 e. The quantitative estimate of drug-likeness (QED) is 0.792. The van der Waals surface area contributed by atoms with Crippen molar-refractivity contribution in [3.63, 3.8) is 0 Å². The summed E-state index contributed by atoms with van der Waals surface area (Å²) in [6.45, 7) is 0. The topological polar surface area (TPSA) is 70.9 Å². The number of carbonyl (C=O) groups excluding carboxylic acids is 1. The molecule has 2 aromatic rings. The number of aromatic amines is 1. The molecule has 0 bridgehead atoms. The van der Waals surface area contributed by atoms with Crippen LogP contribution >= 0.6 is 24.0 Å². The summed E-state index contributed by atoms with van der Waals surface area (Å²) in [4.78, 5) is 15.4. The summed E-state index contributed by atoms with van der Waals surface area (Å²) in [5.74, 6) is -0.0975. The van der Waals surface area contributed by atoms with E-state index in [-0.39, 0.29) is 30.4 Å². The number of amides is 1. The fraction of sp³-hybridized carbons (Fsp3) is 0.400. The molecule has 6 heteroatoms. The lowest BCUT2D eigenvalue weighted by Gasteiger charge is -2.29. The van der Waals surface area contributed by atoms with Gasteiger partial charge in [-0.3, -0.25) is 4.79 Å². The van der Waals surface area contributed by atoms with Crippen LogP contribution in [0, 0.1) is 0 Å². The molecular weight excluding hydrogens is 309 g/mol. The zero-order valence-electron chi connectivity index (χ0n) is 11.6. The molecule has 1 aliphatic rings. The number of hydrogen-bond acceptors (Lipinski definition) is 2. The van der Waals surface area contributed by atoms with Gasteiger partial charge in [-0.15, -0.1) is 12.4 Å². The Morgan fingerprint density at radius 3 is 2.81 bits per heavy atom. The van der Waals surface area contributed by atoms with Gasteiger partial charge in [0.05, 0.1) is 0 Å². The molecule has 0 radical (unpaired) electrons. The van der Waals surface area contributed by atoms with Gasteiger partial charge in [-0.05, 0) is 37.1 Å². The minimum absolute atomic E-state index is 0. The molecule has 1 aromatic carbocycles. The third-order valence-corrected chi connectivity index (χ3v) is 4.20. The maximum atomic E-state index is 12.3. The van der Waals surface area contributed by atoms with E-state index >= 15 is 0 Å². The lowest BCUT2D eigenvalue weighted by Crippen LogP contribution is -2.49. The third-order valence-electron chi connectivity index (χ3n) is 3.96. The summed E-state index contributed by atoms with van der Waals surface area (Å²) in [5.41, 5.74) is 7.52. The van der Waals surface area contributed by atoms with Crippen molar-refractivity contribution in [3.8, 4) is 0 Å². The molecule has 1 amide bonds. The number of aromatic nitrogens is 1. The number of carbonyl (C=O) groups is 1. The average molecular weight is 328 g/mol. The van der Waals surface area contributed by atoms with Crippen LogP contribution in [-0.2, 0) is 0 Å². The summed E-state index contributed by atoms with van der Waals surface area (Å²) < 4.78 is 0. The van der Waals surface area contributed by atoms with Crippen LogP contribution in [0.25, 0.3) is 10.9 Å². The highest BCUT2D eigenvalue weighted by Gasteiger charge is 2.24. The van der Waals surface area contributed by atoms with Crippen LogP contribution in [0.15, 0.2) is 24.3 Å². The molecule has 0 aliphatic heterocycles. The standard InChI is InChI=1S/C15H18ClN3O.ClH/c16-10-5-6-12-9(7-10)8-14(18-12)15(20)19-13-4-2-1-3-11(13)17;/h5-8,11,13,18H,1-4,17H2,(H,19,20);1H/t11-,13-;/m0./s1. The Labute approximate surface area is 134 Å². The van der Waals surface area contributed by atoms with E-state index < -0.39 is 0 Å². The molecule has 4 nitrogen and oxygen atoms in total. The summed E-state index contributed by atoms with van der Waals surface area (Å²) in [6.07, 6.45) is 4.21. The maximum absolute atomic E-state index is 12.3. The fourth-order valence-corrected chi connectivity index (χ4v) is 2.99. The summed E-state index contributed by atoms with van der Waals surface area (Å²) >= 11 is 5.95. The predicted octanol–water partition coefficient (Wildman–Crippen LogP) is 3.24. The van der Waals surface area contributed by atoms with Gasteiger partial charge in [0, 0.05) is 28.0 Å². The van der Waals surface area contributed by atoms with Crippen molar-refractivity contribution in [1.29, 1.82) is 0 Å². The van der Waals surface area contributed by atoms with Crippen molar-refractivity contribution in [2.75, 3.05) is 0 Å². The van der Waals surface area contributed by atoms with E-state index in [2.05, 4.69) is 10.3 Å². The number of hydrogen-bond donors (Lipinski definition) is 3. The number of rotatable bonds is 2. The first-order valence-electron chi connectivity index (χ1n) is 6.98. The molecule has 2 atom stereocenters. The van der Waals surface area contributed by atoms with Crippen LogP contribution in [0.2, 0.25) is 5.02 Å². The van der Waals surface area contributed by atoms with Crippen LogP contribution in [0.3, 0.4) is 0 Å². The van der Waals surface area contributed by atoms with Gasteiger partial charge in [0.25, 0.3) is 5.91 Å². The Morgan fingerprint density at radius 2 is 2.05 bits per heavy atom. The highest BCUT2D eigenvalue weighted by atomic mass is 35.5. The molecule has 0 unspecified atom stereocenters. The first kappa shape index (κ1) is 16.1. The zero-order valence-corrected chi connectivity index (χ0v) is 13.1. The molecule has 1 heterocycles. The number of H-pyrrole nitrogens is 1. The Morgan fingerprint density at radius 1 is 1.29 bits per heavy atom. The zero-order chi connectivity index (χ0) is 14.1. The Balaban J connectivity index is 0.00000161. The van der Waals surface area contributed by atoms with Crippen LogP contribution in [0.5, 0.6) is 0 Å². The van der Waals surface area contributed by atoms with Crippen LogP contribution in [0.4, 0.5) is 0 Å². The van der Waals surface area contributed by atoms with Gasteiger partial charge >= 0.3 is 0 Å². The second-order valence-electron chi connectivity index (χ2n) is 5.44. The SMILES string of the molecule is Cl.N[C@H]1CCCC[C@@H]1NC(=O)c1cc2cc(Cl)ccc2[nH]1. The molecule has 114 valence electrons. The van der Waals surface area contributed by atoms with Gasteiger partial charge in [-0.2, -0.15) is 0 Å². The Kier molecular flexibility index (Phi) is 5.14. The highest BCUT2D eigenvalue weighted by molar-refractivity contribution is 6.31. The normalized spacial score (nSPS) is 21.8. The van der Waals surface area contributed by atoms with Crippen molar-refractivity contribution in [1.82, 2.24) is 10.3 Å². The van der Waals surface area contributed by atoms with Gasteiger partial charge in [-0.1, -0.05) is 24.4 Å². The molecule has 1 fully saturated rings. The van der Waals surface area contributed by atoms with E-state index in [9.17, 15) is 4.79 Å². The van der Waals surface area contributed by atoms with Gasteiger partial charge in [0.1, 0.15) is 5.69 Å². The second kappa shape index (κ2) is 6.69. The van der Waals surface area contributed by atoms with Crippen LogP contribution < -0.4 is 11.1 Å². The molecule has 1 saturated carbocycles. The molecule has 0 spiro atoms. The van der Waals surface area contributed by atoms with Gasteiger partial charge in [0.15, 0.2) is 0 Å². The smallest absolute Gasteiger partial charge is 0.268 e. The largest absolute Gasteiger partial charge is 0.351 e. The number of nitrogens with one attached hydrogen (secondary N) is 2. The number of halogens is 2. The third kappa shape index (κ3) is 3.51. The van der Waals surface area contributed by atoms with Crippen molar-refractivity contribution in [2.45, 2.75) is 37.8 Å². The van der Waals surface area contributed by atoms with E-state index in [1.807, 2.05) is 18.2 Å². The fourth-order valence-electron chi connectivity index (χ4n) is 2.81. The van der Waals surface area contributed by atoms with Crippen LogP contribution in [0.1, 0.15) is 36.2 Å². The summed E-state index contributed by atoms with van der Waals surface area (Å²) in [5, 5.41) is 4.64. The Hall–Kier alpha value is -1.23. The summed E-state index contributed by atoms with van der Waals surface area (Å²) in [6, 6.07) is 7.49. The van der Waals surface area contributed by atoms with Crippen LogP contribution in [-0.4, -0.2) is 23.0 Å². The molecule has 3 rings (SSSR count). The lowest BCUT2D eigenvalue weighted by atomic mass is 9.91. The molecule has 21 heavy (non-hydrogen) atoms. The number of benzene rings is 1. The minimum atomic E-state index is -0.0975. The van der Waals surface area contributed by atoms with Gasteiger partial charge in [-0.25, -0.2) is 0 Å². The molecule has 0 saturated heterocycles. The first-order valence-corrected chi connectivity index (χ1v) is 7.36. The molecule has 1 aliphatic carbocycles. The lowest BCUT2D eigenvalue weighted by molar-refractivity contribution is 0.0917. The van der Waals surface area contributed by atoms with Gasteiger partial charge < -0.3 is 16.0 Å². The van der Waals surface area contributed by atoms with Crippen molar-refractivity contribution in [2.24, 2.45) is 5.73 Å².